The molecular weight excluding hydrogens is 344 g/mol. The van der Waals surface area contributed by atoms with Crippen molar-refractivity contribution in [3.8, 4) is 11.5 Å². The molecule has 0 N–H and O–H groups in total. The Bertz CT molecular complexity index is 592. The second kappa shape index (κ2) is 7.70. The zero-order valence-corrected chi connectivity index (χ0v) is 14.7. The zero-order chi connectivity index (χ0) is 16.2. The Kier molecular flexibility index (Phi) is 5.18. The number of rotatable bonds is 9. The van der Waals surface area contributed by atoms with Crippen molar-refractivity contribution in [3.63, 3.8) is 0 Å². The summed E-state index contributed by atoms with van der Waals surface area (Å²) in [5.41, 5.74) is 0. The summed E-state index contributed by atoms with van der Waals surface area (Å²) in [4.78, 5) is 2.39. The van der Waals surface area contributed by atoms with Crippen LogP contribution >= 0.6 is 21.6 Å². The van der Waals surface area contributed by atoms with Gasteiger partial charge in [0.25, 0.3) is 0 Å². The highest BCUT2D eigenvalue weighted by Crippen LogP contribution is 2.38. The molecule has 0 radical (unpaired) electrons. The number of ether oxygens (including phenoxy) is 4. The molecule has 0 spiro atoms. The van der Waals surface area contributed by atoms with Crippen LogP contribution in [-0.4, -0.2) is 38.6 Å². The Morgan fingerprint density at radius 3 is 1.42 bits per heavy atom. The van der Waals surface area contributed by atoms with Gasteiger partial charge < -0.3 is 18.9 Å². The maximum absolute atomic E-state index is 5.64. The summed E-state index contributed by atoms with van der Waals surface area (Å²) >= 11 is 0. The standard InChI is InChI=1S/C18H18O4S2/c1-5-17(6-2-13(1)19-9-15-11-21-15)23-24-18-7-3-14(4-8-18)20-10-16-12-22-16/h1-8,15-16H,9-12H2. The van der Waals surface area contributed by atoms with Crippen LogP contribution in [0.25, 0.3) is 0 Å². The van der Waals surface area contributed by atoms with Crippen LogP contribution in [-0.2, 0) is 9.47 Å². The smallest absolute Gasteiger partial charge is 0.119 e. The normalized spacial score (nSPS) is 21.3. The van der Waals surface area contributed by atoms with E-state index < -0.39 is 0 Å². The van der Waals surface area contributed by atoms with Crippen LogP contribution in [0.4, 0.5) is 0 Å². The molecule has 0 saturated carbocycles. The van der Waals surface area contributed by atoms with Crippen molar-refractivity contribution in [1.82, 2.24) is 0 Å². The van der Waals surface area contributed by atoms with Crippen molar-refractivity contribution in [2.45, 2.75) is 22.0 Å². The molecule has 2 heterocycles. The van der Waals surface area contributed by atoms with E-state index in [1.54, 1.807) is 21.6 Å². The van der Waals surface area contributed by atoms with Gasteiger partial charge in [-0.15, -0.1) is 0 Å². The minimum atomic E-state index is 0.290. The third-order valence-electron chi connectivity index (χ3n) is 3.56. The first-order valence-corrected chi connectivity index (χ1v) is 10.0. The molecule has 2 unspecified atom stereocenters. The van der Waals surface area contributed by atoms with Gasteiger partial charge in [0.15, 0.2) is 0 Å². The molecule has 126 valence electrons. The molecule has 0 bridgehead atoms. The van der Waals surface area contributed by atoms with Crippen LogP contribution in [0.15, 0.2) is 58.3 Å². The minimum Gasteiger partial charge on any atom is -0.491 e. The molecule has 2 aromatic carbocycles. The second-order valence-electron chi connectivity index (χ2n) is 5.64. The van der Waals surface area contributed by atoms with Gasteiger partial charge in [-0.2, -0.15) is 0 Å². The summed E-state index contributed by atoms with van der Waals surface area (Å²) in [5, 5.41) is 0. The van der Waals surface area contributed by atoms with Gasteiger partial charge in [0.1, 0.15) is 36.9 Å². The van der Waals surface area contributed by atoms with Crippen LogP contribution in [0.3, 0.4) is 0 Å². The van der Waals surface area contributed by atoms with Crippen LogP contribution in [0, 0.1) is 0 Å². The van der Waals surface area contributed by atoms with E-state index in [-0.39, 0.29) is 0 Å². The molecule has 6 heteroatoms. The monoisotopic (exact) mass is 362 g/mol. The Morgan fingerprint density at radius 1 is 0.708 bits per heavy atom. The van der Waals surface area contributed by atoms with Gasteiger partial charge >= 0.3 is 0 Å². The third kappa shape index (κ3) is 5.08. The van der Waals surface area contributed by atoms with E-state index >= 15 is 0 Å². The lowest BCUT2D eigenvalue weighted by molar-refractivity contribution is 0.263. The van der Waals surface area contributed by atoms with Gasteiger partial charge in [0.05, 0.1) is 13.2 Å². The Balaban J connectivity index is 1.23. The van der Waals surface area contributed by atoms with E-state index in [9.17, 15) is 0 Å². The van der Waals surface area contributed by atoms with Gasteiger partial charge in [-0.1, -0.05) is 21.6 Å². The minimum absolute atomic E-state index is 0.290. The first kappa shape index (κ1) is 16.1. The van der Waals surface area contributed by atoms with E-state index in [0.717, 1.165) is 24.7 Å². The van der Waals surface area contributed by atoms with Crippen molar-refractivity contribution in [2.75, 3.05) is 26.4 Å². The fraction of sp³-hybridized carbons (Fsp3) is 0.333. The lowest BCUT2D eigenvalue weighted by Gasteiger charge is -2.07. The summed E-state index contributed by atoms with van der Waals surface area (Å²) in [5.74, 6) is 1.78. The Hall–Kier alpha value is -1.34. The summed E-state index contributed by atoms with van der Waals surface area (Å²) in [6.45, 7) is 2.93. The highest BCUT2D eigenvalue weighted by molar-refractivity contribution is 8.76. The molecule has 2 aromatic rings. The van der Waals surface area contributed by atoms with Gasteiger partial charge in [-0.25, -0.2) is 0 Å². The molecule has 0 aromatic heterocycles. The average Bonchev–Trinajstić information content (AvgIpc) is 3.53. The third-order valence-corrected chi connectivity index (χ3v) is 5.98. The number of epoxide rings is 2. The molecule has 2 atom stereocenters. The summed E-state index contributed by atoms with van der Waals surface area (Å²) < 4.78 is 21.5. The molecular formula is C18H18O4S2. The van der Waals surface area contributed by atoms with Crippen LogP contribution in [0.5, 0.6) is 11.5 Å². The number of benzene rings is 2. The molecule has 2 fully saturated rings. The summed E-state index contributed by atoms with van der Waals surface area (Å²) in [7, 11) is 3.46. The molecule has 2 aliphatic heterocycles. The summed E-state index contributed by atoms with van der Waals surface area (Å²) in [6.07, 6.45) is 0.580. The van der Waals surface area contributed by atoms with Crippen LogP contribution in [0.2, 0.25) is 0 Å². The molecule has 0 aliphatic carbocycles. The first-order valence-electron chi connectivity index (χ1n) is 7.88. The first-order chi connectivity index (χ1) is 11.8. The SMILES string of the molecule is c1cc(SSc2ccc(OCC3CO3)cc2)ccc1OCC1CO1. The van der Waals surface area contributed by atoms with Crippen molar-refractivity contribution < 1.29 is 18.9 Å². The Morgan fingerprint density at radius 2 is 1.08 bits per heavy atom. The van der Waals surface area contributed by atoms with Gasteiger partial charge in [-0.3, -0.25) is 0 Å². The van der Waals surface area contributed by atoms with Gasteiger partial charge in [-0.05, 0) is 48.5 Å². The maximum Gasteiger partial charge on any atom is 0.119 e. The molecule has 4 nitrogen and oxygen atoms in total. The van der Waals surface area contributed by atoms with Gasteiger partial charge in [0, 0.05) is 9.79 Å². The zero-order valence-electron chi connectivity index (χ0n) is 13.1. The van der Waals surface area contributed by atoms with E-state index in [1.165, 1.54) is 9.79 Å². The summed E-state index contributed by atoms with van der Waals surface area (Å²) in [6, 6.07) is 16.3. The molecule has 0 amide bonds. The fourth-order valence-electron chi connectivity index (χ4n) is 1.99. The van der Waals surface area contributed by atoms with Crippen LogP contribution < -0.4 is 9.47 Å². The average molecular weight is 362 g/mol. The van der Waals surface area contributed by atoms with Crippen molar-refractivity contribution in [2.24, 2.45) is 0 Å². The lowest BCUT2D eigenvalue weighted by atomic mass is 10.3. The van der Waals surface area contributed by atoms with Crippen molar-refractivity contribution >= 4 is 21.6 Å². The second-order valence-corrected chi connectivity index (χ2v) is 7.92. The van der Waals surface area contributed by atoms with Crippen LogP contribution in [0.1, 0.15) is 0 Å². The lowest BCUT2D eigenvalue weighted by Crippen LogP contribution is -2.03. The molecule has 2 saturated heterocycles. The van der Waals surface area contributed by atoms with Crippen molar-refractivity contribution in [3.05, 3.63) is 48.5 Å². The number of hydrogen-bond acceptors (Lipinski definition) is 6. The predicted molar refractivity (Wildman–Crippen MR) is 95.1 cm³/mol. The van der Waals surface area contributed by atoms with Crippen molar-refractivity contribution in [1.29, 1.82) is 0 Å². The largest absolute Gasteiger partial charge is 0.491 e. The van der Waals surface area contributed by atoms with E-state index in [2.05, 4.69) is 24.3 Å². The number of hydrogen-bond donors (Lipinski definition) is 0. The highest BCUT2D eigenvalue weighted by atomic mass is 33.1. The molecule has 24 heavy (non-hydrogen) atoms. The van der Waals surface area contributed by atoms with Gasteiger partial charge in [0.2, 0.25) is 0 Å². The molecule has 2 aliphatic rings. The maximum atomic E-state index is 5.64. The Labute approximate surface area is 149 Å². The quantitative estimate of drug-likeness (QED) is 0.495. The van der Waals surface area contributed by atoms with E-state index in [1.807, 2.05) is 24.3 Å². The molecule has 4 rings (SSSR count). The topological polar surface area (TPSA) is 43.5 Å². The predicted octanol–water partition coefficient (Wildman–Crippen LogP) is 4.04. The fourth-order valence-corrected chi connectivity index (χ4v) is 3.92. The van der Waals surface area contributed by atoms with E-state index in [4.69, 9.17) is 18.9 Å². The van der Waals surface area contributed by atoms with E-state index in [0.29, 0.717) is 25.4 Å². The highest BCUT2D eigenvalue weighted by Gasteiger charge is 2.23.